The summed E-state index contributed by atoms with van der Waals surface area (Å²) in [4.78, 5) is 38.3. The average molecular weight is 1070 g/mol. The molecule has 0 aromatic rings. The van der Waals surface area contributed by atoms with Crippen LogP contribution >= 0.6 is 0 Å². The van der Waals surface area contributed by atoms with Gasteiger partial charge >= 0.3 is 17.9 Å². The number of carbonyl (C=O) groups excluding carboxylic acids is 3. The maximum Gasteiger partial charge on any atom is 0.306 e. The Balaban J connectivity index is 4.30. The highest BCUT2D eigenvalue weighted by atomic mass is 16.6. The van der Waals surface area contributed by atoms with Crippen LogP contribution in [0.25, 0.3) is 0 Å². The van der Waals surface area contributed by atoms with E-state index < -0.39 is 6.10 Å². The first-order valence-corrected chi connectivity index (χ1v) is 32.4. The molecule has 0 aliphatic heterocycles. The van der Waals surface area contributed by atoms with Crippen LogP contribution in [0.3, 0.4) is 0 Å². The minimum atomic E-state index is -0.784. The Morgan fingerprint density at radius 2 is 0.506 bits per heavy atom. The largest absolute Gasteiger partial charge is 0.462 e. The lowest BCUT2D eigenvalue weighted by atomic mass is 10.0. The van der Waals surface area contributed by atoms with E-state index in [1.54, 1.807) is 0 Å². The molecule has 0 N–H and O–H groups in total. The number of hydrogen-bond acceptors (Lipinski definition) is 6. The third-order valence-corrected chi connectivity index (χ3v) is 13.8. The van der Waals surface area contributed by atoms with Crippen molar-refractivity contribution in [1.82, 2.24) is 0 Å². The number of rotatable bonds is 58. The lowest BCUT2D eigenvalue weighted by Gasteiger charge is -2.18. The molecule has 6 nitrogen and oxygen atoms in total. The number of unbranched alkanes of at least 4 members (excludes halogenated alkanes) is 29. The fourth-order valence-corrected chi connectivity index (χ4v) is 8.99. The average Bonchev–Trinajstić information content (AvgIpc) is 3.43. The zero-order chi connectivity index (χ0) is 55.7. The molecule has 77 heavy (non-hydrogen) atoms. The molecule has 0 fully saturated rings. The van der Waals surface area contributed by atoms with Crippen molar-refractivity contribution in [3.63, 3.8) is 0 Å². The quantitative estimate of drug-likeness (QED) is 0.0261. The molecule has 0 rings (SSSR count). The molecule has 1 unspecified atom stereocenters. The highest BCUT2D eigenvalue weighted by Crippen LogP contribution is 2.16. The molecule has 0 saturated heterocycles. The van der Waals surface area contributed by atoms with Crippen molar-refractivity contribution in [3.8, 4) is 0 Å². The Hall–Kier alpha value is -3.93. The second-order valence-electron chi connectivity index (χ2n) is 21.3. The standard InChI is InChI=1S/C71H120O6/c1-4-7-10-13-16-19-22-24-26-28-30-32-34-35-37-38-40-42-44-46-49-52-55-58-61-64-70(73)76-67-68(66-75-69(72)63-60-57-54-51-48-21-18-15-12-9-6-3)77-71(74)65-62-59-56-53-50-47-45-43-41-39-36-33-31-29-27-25-23-20-17-14-11-8-5-2/h7-8,10-11,16-17,19-20,24-27,30-33,35,37,68H,4-6,9,12-15,18,21-23,28-29,34,36,38-67H2,1-3H3/b10-7-,11-8-,19-16-,20-17-,26-24-,27-25-,32-30-,33-31-,37-35-. The van der Waals surface area contributed by atoms with Crippen LogP contribution < -0.4 is 0 Å². The van der Waals surface area contributed by atoms with Gasteiger partial charge in [-0.1, -0.05) is 291 Å². The summed E-state index contributed by atoms with van der Waals surface area (Å²) in [5.74, 6) is -0.882. The van der Waals surface area contributed by atoms with E-state index in [1.165, 1.54) is 141 Å². The summed E-state index contributed by atoms with van der Waals surface area (Å²) in [5, 5.41) is 0. The topological polar surface area (TPSA) is 78.9 Å². The van der Waals surface area contributed by atoms with Gasteiger partial charge in [-0.15, -0.1) is 0 Å². The molecule has 0 spiro atoms. The lowest BCUT2D eigenvalue weighted by molar-refractivity contribution is -0.167. The molecule has 6 heteroatoms. The first-order chi connectivity index (χ1) is 38.0. The molecule has 440 valence electrons. The molecule has 0 amide bonds. The van der Waals surface area contributed by atoms with Gasteiger partial charge < -0.3 is 14.2 Å². The van der Waals surface area contributed by atoms with Gasteiger partial charge in [0.1, 0.15) is 13.2 Å². The molecule has 0 aliphatic rings. The summed E-state index contributed by atoms with van der Waals surface area (Å²) in [7, 11) is 0. The SMILES string of the molecule is CC/C=C\C/C=C\C/C=C\C/C=C\C/C=C\CCCCCCCCCCCC(=O)OCC(COC(=O)CCCCCCCCCCCCC)OC(=O)CCCCCCCCCCCC/C=C\C/C=C\C/C=C\C/C=C\CC. The summed E-state index contributed by atoms with van der Waals surface area (Å²) in [5.41, 5.74) is 0. The van der Waals surface area contributed by atoms with E-state index in [9.17, 15) is 14.4 Å². The van der Waals surface area contributed by atoms with Crippen LogP contribution in [0, 0.1) is 0 Å². The number of esters is 3. The van der Waals surface area contributed by atoms with Crippen molar-refractivity contribution in [2.75, 3.05) is 13.2 Å². The van der Waals surface area contributed by atoms with Crippen LogP contribution in [-0.4, -0.2) is 37.2 Å². The van der Waals surface area contributed by atoms with E-state index in [-0.39, 0.29) is 31.1 Å². The van der Waals surface area contributed by atoms with E-state index in [2.05, 4.69) is 130 Å². The normalized spacial score (nSPS) is 12.8. The van der Waals surface area contributed by atoms with Gasteiger partial charge in [-0.05, 0) is 103 Å². The molecule has 0 aromatic heterocycles. The smallest absolute Gasteiger partial charge is 0.306 e. The van der Waals surface area contributed by atoms with E-state index in [1.807, 2.05) is 0 Å². The van der Waals surface area contributed by atoms with Crippen LogP contribution in [0.2, 0.25) is 0 Å². The van der Waals surface area contributed by atoms with Gasteiger partial charge in [-0.25, -0.2) is 0 Å². The van der Waals surface area contributed by atoms with Crippen molar-refractivity contribution >= 4 is 17.9 Å². The van der Waals surface area contributed by atoms with Crippen molar-refractivity contribution in [2.24, 2.45) is 0 Å². The van der Waals surface area contributed by atoms with Crippen molar-refractivity contribution in [1.29, 1.82) is 0 Å². The number of carbonyl (C=O) groups is 3. The van der Waals surface area contributed by atoms with Crippen LogP contribution in [0.1, 0.15) is 303 Å². The number of allylic oxidation sites excluding steroid dienone is 18. The van der Waals surface area contributed by atoms with Crippen LogP contribution in [0.5, 0.6) is 0 Å². The fraction of sp³-hybridized carbons (Fsp3) is 0.704. The monoisotopic (exact) mass is 1070 g/mol. The molecule has 0 aliphatic carbocycles. The Morgan fingerprint density at radius 3 is 0.792 bits per heavy atom. The summed E-state index contributed by atoms with van der Waals surface area (Å²) in [6, 6.07) is 0. The van der Waals surface area contributed by atoms with Gasteiger partial charge in [-0.3, -0.25) is 14.4 Å². The maximum absolute atomic E-state index is 12.9. The predicted octanol–water partition coefficient (Wildman–Crippen LogP) is 22.2. The first-order valence-electron chi connectivity index (χ1n) is 32.4. The molecule has 0 radical (unpaired) electrons. The Morgan fingerprint density at radius 1 is 0.273 bits per heavy atom. The zero-order valence-corrected chi connectivity index (χ0v) is 50.4. The molecule has 0 aromatic carbocycles. The Bertz CT molecular complexity index is 1560. The molecule has 1 atom stereocenters. The van der Waals surface area contributed by atoms with Crippen LogP contribution in [0.4, 0.5) is 0 Å². The minimum absolute atomic E-state index is 0.0797. The second-order valence-corrected chi connectivity index (χ2v) is 21.3. The van der Waals surface area contributed by atoms with Gasteiger partial charge in [0.05, 0.1) is 0 Å². The lowest BCUT2D eigenvalue weighted by Crippen LogP contribution is -2.30. The number of ether oxygens (including phenoxy) is 3. The van der Waals surface area contributed by atoms with Crippen LogP contribution in [0.15, 0.2) is 109 Å². The third kappa shape index (κ3) is 62.8. The molecular formula is C71H120O6. The number of hydrogen-bond donors (Lipinski definition) is 0. The maximum atomic E-state index is 12.9. The van der Waals surface area contributed by atoms with Crippen molar-refractivity contribution < 1.29 is 28.6 Å². The summed E-state index contributed by atoms with van der Waals surface area (Å²) < 4.78 is 16.9. The summed E-state index contributed by atoms with van der Waals surface area (Å²) in [6.07, 6.45) is 88.1. The van der Waals surface area contributed by atoms with E-state index in [0.717, 1.165) is 122 Å². The van der Waals surface area contributed by atoms with Gasteiger partial charge in [0.25, 0.3) is 0 Å². The molecule has 0 heterocycles. The highest BCUT2D eigenvalue weighted by Gasteiger charge is 2.19. The van der Waals surface area contributed by atoms with E-state index in [0.29, 0.717) is 19.3 Å². The summed E-state index contributed by atoms with van der Waals surface area (Å²) >= 11 is 0. The predicted molar refractivity (Wildman–Crippen MR) is 334 cm³/mol. The van der Waals surface area contributed by atoms with Gasteiger partial charge in [0, 0.05) is 19.3 Å². The van der Waals surface area contributed by atoms with Gasteiger partial charge in [0.2, 0.25) is 0 Å². The Labute approximate surface area is 476 Å². The van der Waals surface area contributed by atoms with Crippen molar-refractivity contribution in [2.45, 2.75) is 309 Å². The zero-order valence-electron chi connectivity index (χ0n) is 50.4. The van der Waals surface area contributed by atoms with Gasteiger partial charge in [0.15, 0.2) is 6.10 Å². The first kappa shape index (κ1) is 73.1. The van der Waals surface area contributed by atoms with Crippen LogP contribution in [-0.2, 0) is 28.6 Å². The fourth-order valence-electron chi connectivity index (χ4n) is 8.99. The van der Waals surface area contributed by atoms with E-state index in [4.69, 9.17) is 14.2 Å². The molecular weight excluding hydrogens is 949 g/mol. The summed E-state index contributed by atoms with van der Waals surface area (Å²) in [6.45, 7) is 6.42. The third-order valence-electron chi connectivity index (χ3n) is 13.8. The Kier molecular flexibility index (Phi) is 61.3. The van der Waals surface area contributed by atoms with Gasteiger partial charge in [-0.2, -0.15) is 0 Å². The van der Waals surface area contributed by atoms with Crippen molar-refractivity contribution in [3.05, 3.63) is 109 Å². The van der Waals surface area contributed by atoms with E-state index >= 15 is 0 Å². The molecule has 0 saturated carbocycles. The highest BCUT2D eigenvalue weighted by molar-refractivity contribution is 5.71. The minimum Gasteiger partial charge on any atom is -0.462 e. The second kappa shape index (κ2) is 64.6. The molecule has 0 bridgehead atoms.